The quantitative estimate of drug-likeness (QED) is 0.424. The zero-order valence-electron chi connectivity index (χ0n) is 16.2. The molecule has 0 aliphatic carbocycles. The van der Waals surface area contributed by atoms with E-state index in [1.165, 1.54) is 0 Å². The predicted octanol–water partition coefficient (Wildman–Crippen LogP) is 0.842. The number of H-pyrrole nitrogens is 1. The van der Waals surface area contributed by atoms with Crippen LogP contribution in [0.5, 0.6) is 0 Å². The number of aliphatic hydroxyl groups excluding tert-OH is 2. The van der Waals surface area contributed by atoms with E-state index in [0.29, 0.717) is 23.4 Å². The Balaban J connectivity index is 2.14. The molecule has 0 radical (unpaired) electrons. The molecule has 1 fully saturated rings. The molecular formula is C17H25N5O5S. The lowest BCUT2D eigenvalue weighted by Crippen LogP contribution is -2.39. The van der Waals surface area contributed by atoms with Crippen molar-refractivity contribution in [3.8, 4) is 0 Å². The van der Waals surface area contributed by atoms with Gasteiger partial charge in [0.05, 0.1) is 12.0 Å². The molecule has 0 spiro atoms. The molecule has 2 unspecified atom stereocenters. The molecule has 0 bridgehead atoms. The van der Waals surface area contributed by atoms with Gasteiger partial charge in [-0.2, -0.15) is 0 Å². The number of hydrogen-bond donors (Lipinski definition) is 4. The van der Waals surface area contributed by atoms with Gasteiger partial charge in [0.1, 0.15) is 29.2 Å². The number of nitrogen functional groups attached to an aromatic ring is 1. The van der Waals surface area contributed by atoms with Crippen molar-refractivity contribution in [1.82, 2.24) is 19.5 Å². The van der Waals surface area contributed by atoms with Gasteiger partial charge in [-0.3, -0.25) is 9.36 Å². The number of rotatable bonds is 4. The van der Waals surface area contributed by atoms with Crippen molar-refractivity contribution in [3.05, 3.63) is 10.5 Å². The molecule has 0 amide bonds. The van der Waals surface area contributed by atoms with Gasteiger partial charge < -0.3 is 30.4 Å². The average molecular weight is 411 g/mol. The number of carbonyl (C=O) groups is 1. The predicted molar refractivity (Wildman–Crippen MR) is 103 cm³/mol. The molecule has 5 N–H and O–H groups in total. The molecule has 1 aliphatic heterocycles. The highest BCUT2D eigenvalue weighted by molar-refractivity contribution is 7.71. The van der Waals surface area contributed by atoms with Gasteiger partial charge in [-0.15, -0.1) is 0 Å². The number of aromatic amines is 1. The second kappa shape index (κ2) is 7.39. The summed E-state index contributed by atoms with van der Waals surface area (Å²) >= 11 is 5.25. The molecule has 4 atom stereocenters. The number of esters is 1. The number of fused-ring (bicyclic) bond motifs is 1. The number of nitrogens with two attached hydrogens (primary N) is 1. The van der Waals surface area contributed by atoms with Crippen LogP contribution < -0.4 is 5.73 Å². The van der Waals surface area contributed by atoms with Crippen LogP contribution in [-0.4, -0.2) is 60.6 Å². The van der Waals surface area contributed by atoms with Gasteiger partial charge >= 0.3 is 5.97 Å². The molecule has 1 saturated heterocycles. The van der Waals surface area contributed by atoms with Crippen molar-refractivity contribution >= 4 is 35.3 Å². The van der Waals surface area contributed by atoms with Crippen LogP contribution in [0.3, 0.4) is 0 Å². The second-order valence-electron chi connectivity index (χ2n) is 7.73. The molecule has 3 rings (SSSR count). The number of aryl methyl sites for hydroxylation is 1. The topological polar surface area (TPSA) is 149 Å². The summed E-state index contributed by atoms with van der Waals surface area (Å²) in [7, 11) is 0. The zero-order chi connectivity index (χ0) is 20.8. The second-order valence-corrected chi connectivity index (χ2v) is 8.12. The first-order valence-electron chi connectivity index (χ1n) is 9.00. The van der Waals surface area contributed by atoms with Gasteiger partial charge in [-0.05, 0) is 20.8 Å². The molecule has 3 heterocycles. The number of aromatic nitrogens is 4. The van der Waals surface area contributed by atoms with Crippen LogP contribution in [0.15, 0.2) is 0 Å². The van der Waals surface area contributed by atoms with Crippen LogP contribution in [0.25, 0.3) is 11.2 Å². The van der Waals surface area contributed by atoms with Crippen molar-refractivity contribution in [2.75, 3.05) is 12.3 Å². The van der Waals surface area contributed by atoms with E-state index in [9.17, 15) is 15.0 Å². The van der Waals surface area contributed by atoms with E-state index in [2.05, 4.69) is 15.0 Å². The molecule has 10 nitrogen and oxygen atoms in total. The smallest absolute Gasteiger partial charge is 0.311 e. The minimum atomic E-state index is -1.22. The number of imidazole rings is 1. The van der Waals surface area contributed by atoms with E-state index in [1.807, 2.05) is 6.92 Å². The first-order valence-corrected chi connectivity index (χ1v) is 9.41. The standard InChI is InChI=1S/C17H25N5O5S/c1-5-8-19-9-12(20-16(18)21-13(9)28)22(8)14-11(10(24)7(6-23)26-14)27-15(25)17(2,3)4/h7,10-11,14,23-24H,5-6H2,1-4H3,(H3,18,20,21,28)/t7-,10?,11?,14-/m1/s1. The minimum absolute atomic E-state index is 0.0989. The SMILES string of the molecule is CCc1nc2c(=S)nc(N)[nH]c2n1[C@@H]1O[C@H](CO)C(O)C1OC(=O)C(C)(C)C. The van der Waals surface area contributed by atoms with Gasteiger partial charge in [0.25, 0.3) is 0 Å². The van der Waals surface area contributed by atoms with Gasteiger partial charge in [0.15, 0.2) is 22.9 Å². The van der Waals surface area contributed by atoms with Crippen LogP contribution >= 0.6 is 12.2 Å². The van der Waals surface area contributed by atoms with Gasteiger partial charge in [-0.25, -0.2) is 9.97 Å². The Hall–Kier alpha value is -2.08. The van der Waals surface area contributed by atoms with E-state index in [1.54, 1.807) is 25.3 Å². The van der Waals surface area contributed by atoms with Crippen LogP contribution in [0, 0.1) is 10.1 Å². The van der Waals surface area contributed by atoms with Crippen molar-refractivity contribution in [2.24, 2.45) is 5.41 Å². The molecule has 2 aromatic rings. The van der Waals surface area contributed by atoms with E-state index in [4.69, 9.17) is 27.4 Å². The Morgan fingerprint density at radius 1 is 1.43 bits per heavy atom. The summed E-state index contributed by atoms with van der Waals surface area (Å²) in [6.07, 6.45) is -3.61. The number of carbonyl (C=O) groups excluding carboxylic acids is 1. The molecular weight excluding hydrogens is 386 g/mol. The normalized spacial score (nSPS) is 25.4. The third kappa shape index (κ3) is 3.50. The lowest BCUT2D eigenvalue weighted by molar-refractivity contribution is -0.168. The Morgan fingerprint density at radius 2 is 2.11 bits per heavy atom. The van der Waals surface area contributed by atoms with Gasteiger partial charge in [0, 0.05) is 6.42 Å². The van der Waals surface area contributed by atoms with E-state index < -0.39 is 42.5 Å². The number of ether oxygens (including phenoxy) is 2. The molecule has 154 valence electrons. The highest BCUT2D eigenvalue weighted by atomic mass is 32.1. The number of hydrogen-bond acceptors (Lipinski definition) is 9. The molecule has 0 saturated carbocycles. The number of anilines is 1. The number of nitrogens with zero attached hydrogens (tertiary/aromatic N) is 3. The average Bonchev–Trinajstić information content (AvgIpc) is 3.12. The van der Waals surface area contributed by atoms with Crippen molar-refractivity contribution in [1.29, 1.82) is 0 Å². The maximum atomic E-state index is 12.5. The largest absolute Gasteiger partial charge is 0.454 e. The highest BCUT2D eigenvalue weighted by Gasteiger charge is 2.49. The third-order valence-electron chi connectivity index (χ3n) is 4.57. The van der Waals surface area contributed by atoms with Crippen molar-refractivity contribution in [3.63, 3.8) is 0 Å². The summed E-state index contributed by atoms with van der Waals surface area (Å²) in [5, 5.41) is 20.2. The third-order valence-corrected chi connectivity index (χ3v) is 4.86. The first kappa shape index (κ1) is 20.6. The van der Waals surface area contributed by atoms with Crippen LogP contribution in [-0.2, 0) is 20.7 Å². The zero-order valence-corrected chi connectivity index (χ0v) is 17.0. The summed E-state index contributed by atoms with van der Waals surface area (Å²) in [6, 6.07) is 0. The van der Waals surface area contributed by atoms with Crippen molar-refractivity contribution < 1.29 is 24.5 Å². The monoisotopic (exact) mass is 411 g/mol. The summed E-state index contributed by atoms with van der Waals surface area (Å²) in [5.74, 6) is 0.180. The lowest BCUT2D eigenvalue weighted by atomic mass is 9.97. The van der Waals surface area contributed by atoms with Crippen LogP contribution in [0.1, 0.15) is 39.7 Å². The Kier molecular flexibility index (Phi) is 5.45. The van der Waals surface area contributed by atoms with Crippen LogP contribution in [0.2, 0.25) is 0 Å². The Morgan fingerprint density at radius 3 is 2.68 bits per heavy atom. The summed E-state index contributed by atoms with van der Waals surface area (Å²) in [5.41, 5.74) is 5.90. The fourth-order valence-corrected chi connectivity index (χ4v) is 3.33. The minimum Gasteiger partial charge on any atom is -0.454 e. The molecule has 11 heteroatoms. The molecule has 0 aromatic carbocycles. The fraction of sp³-hybridized carbons (Fsp3) is 0.647. The highest BCUT2D eigenvalue weighted by Crippen LogP contribution is 2.36. The summed E-state index contributed by atoms with van der Waals surface area (Å²) in [6.45, 7) is 6.59. The van der Waals surface area contributed by atoms with E-state index in [-0.39, 0.29) is 10.6 Å². The Bertz CT molecular complexity index is 950. The molecule has 1 aliphatic rings. The fourth-order valence-electron chi connectivity index (χ4n) is 3.09. The Labute approximate surface area is 166 Å². The van der Waals surface area contributed by atoms with Crippen LogP contribution in [0.4, 0.5) is 5.95 Å². The maximum Gasteiger partial charge on any atom is 0.311 e. The van der Waals surface area contributed by atoms with E-state index >= 15 is 0 Å². The van der Waals surface area contributed by atoms with Crippen molar-refractivity contribution in [2.45, 2.75) is 58.7 Å². The summed E-state index contributed by atoms with van der Waals surface area (Å²) < 4.78 is 13.3. The number of nitrogens with one attached hydrogen (secondary N) is 1. The van der Waals surface area contributed by atoms with Gasteiger partial charge in [0.2, 0.25) is 0 Å². The van der Waals surface area contributed by atoms with Gasteiger partial charge in [-0.1, -0.05) is 19.1 Å². The first-order chi connectivity index (χ1) is 13.1. The molecule has 28 heavy (non-hydrogen) atoms. The maximum absolute atomic E-state index is 12.5. The molecule has 2 aromatic heterocycles. The van der Waals surface area contributed by atoms with E-state index in [0.717, 1.165) is 0 Å². The number of aliphatic hydroxyl groups is 2. The lowest BCUT2D eigenvalue weighted by Gasteiger charge is -2.26. The summed E-state index contributed by atoms with van der Waals surface area (Å²) in [4.78, 5) is 23.9.